The van der Waals surface area contributed by atoms with E-state index in [1.54, 1.807) is 0 Å². The van der Waals surface area contributed by atoms with Crippen LogP contribution in [0.25, 0.3) is 0 Å². The van der Waals surface area contributed by atoms with E-state index in [4.69, 9.17) is 0 Å². The summed E-state index contributed by atoms with van der Waals surface area (Å²) in [4.78, 5) is 18.9. The lowest BCUT2D eigenvalue weighted by Crippen LogP contribution is -2.36. The Morgan fingerprint density at radius 3 is 3.12 bits per heavy atom. The number of H-pyrrole nitrogens is 1. The molecule has 4 rings (SSSR count). The monoisotopic (exact) mass is 358 g/mol. The number of nitrogens with zero attached hydrogens (tertiary/aromatic N) is 3. The SMILES string of the molecule is C[C@H]1CCc2[nH]nc(C(=O)N3CCCN(Cc4cccs4)CC3)c2C1. The number of fused-ring (bicyclic) bond motifs is 1. The highest BCUT2D eigenvalue weighted by molar-refractivity contribution is 7.09. The summed E-state index contributed by atoms with van der Waals surface area (Å²) in [5.74, 6) is 0.756. The van der Waals surface area contributed by atoms with E-state index in [0.717, 1.165) is 52.0 Å². The number of carbonyl (C=O) groups is 1. The van der Waals surface area contributed by atoms with Gasteiger partial charge >= 0.3 is 0 Å². The highest BCUT2D eigenvalue weighted by Crippen LogP contribution is 2.27. The summed E-state index contributed by atoms with van der Waals surface area (Å²) in [6.45, 7) is 6.87. The predicted octanol–water partition coefficient (Wildman–Crippen LogP) is 2.94. The number of hydrogen-bond donors (Lipinski definition) is 1. The summed E-state index contributed by atoms with van der Waals surface area (Å²) in [6, 6.07) is 4.30. The van der Waals surface area contributed by atoms with Crippen LogP contribution in [0.15, 0.2) is 17.5 Å². The lowest BCUT2D eigenvalue weighted by Gasteiger charge is -2.23. The second-order valence-electron chi connectivity index (χ2n) is 7.38. The Bertz CT molecular complexity index is 724. The van der Waals surface area contributed by atoms with Crippen LogP contribution in [0.2, 0.25) is 0 Å². The Kier molecular flexibility index (Phi) is 4.90. The van der Waals surface area contributed by atoms with Crippen molar-refractivity contribution in [2.75, 3.05) is 26.2 Å². The van der Waals surface area contributed by atoms with Crippen molar-refractivity contribution in [1.29, 1.82) is 0 Å². The molecule has 1 saturated heterocycles. The molecule has 0 aromatic carbocycles. The smallest absolute Gasteiger partial charge is 0.274 e. The van der Waals surface area contributed by atoms with Crippen molar-refractivity contribution < 1.29 is 4.79 Å². The molecule has 25 heavy (non-hydrogen) atoms. The minimum atomic E-state index is 0.115. The second kappa shape index (κ2) is 7.30. The molecule has 1 atom stereocenters. The molecule has 1 amide bonds. The van der Waals surface area contributed by atoms with Crippen LogP contribution >= 0.6 is 11.3 Å². The van der Waals surface area contributed by atoms with E-state index in [1.807, 2.05) is 16.2 Å². The molecular weight excluding hydrogens is 332 g/mol. The molecule has 3 heterocycles. The van der Waals surface area contributed by atoms with Crippen molar-refractivity contribution in [2.24, 2.45) is 5.92 Å². The number of hydrogen-bond acceptors (Lipinski definition) is 4. The molecular formula is C19H26N4OS. The molecule has 1 N–H and O–H groups in total. The lowest BCUT2D eigenvalue weighted by molar-refractivity contribution is 0.0754. The average molecular weight is 359 g/mol. The van der Waals surface area contributed by atoms with E-state index < -0.39 is 0 Å². The topological polar surface area (TPSA) is 52.2 Å². The third-order valence-electron chi connectivity index (χ3n) is 5.43. The van der Waals surface area contributed by atoms with Crippen molar-refractivity contribution >= 4 is 17.2 Å². The summed E-state index contributed by atoms with van der Waals surface area (Å²) in [5.41, 5.74) is 3.02. The van der Waals surface area contributed by atoms with Crippen molar-refractivity contribution in [3.05, 3.63) is 39.3 Å². The summed E-state index contributed by atoms with van der Waals surface area (Å²) in [7, 11) is 0. The molecule has 6 heteroatoms. The van der Waals surface area contributed by atoms with Gasteiger partial charge in [0.1, 0.15) is 0 Å². The summed E-state index contributed by atoms with van der Waals surface area (Å²) >= 11 is 1.81. The predicted molar refractivity (Wildman–Crippen MR) is 99.9 cm³/mol. The van der Waals surface area contributed by atoms with Crippen LogP contribution < -0.4 is 0 Å². The first-order chi connectivity index (χ1) is 12.2. The zero-order chi connectivity index (χ0) is 17.2. The van der Waals surface area contributed by atoms with Gasteiger partial charge in [-0.15, -0.1) is 11.3 Å². The van der Waals surface area contributed by atoms with Gasteiger partial charge in [0.15, 0.2) is 5.69 Å². The third-order valence-corrected chi connectivity index (χ3v) is 6.29. The standard InChI is InChI=1S/C19H26N4OS/c1-14-5-6-17-16(12-14)18(21-20-17)19(24)23-8-3-7-22(9-10-23)13-15-4-2-11-25-15/h2,4,11,14H,3,5-10,12-13H2,1H3,(H,20,21)/t14-/m0/s1. The van der Waals surface area contributed by atoms with Crippen molar-refractivity contribution in [3.8, 4) is 0 Å². The van der Waals surface area contributed by atoms with Gasteiger partial charge < -0.3 is 4.90 Å². The summed E-state index contributed by atoms with van der Waals surface area (Å²) in [5, 5.41) is 9.63. The zero-order valence-corrected chi connectivity index (χ0v) is 15.6. The van der Waals surface area contributed by atoms with Crippen molar-refractivity contribution in [2.45, 2.75) is 39.2 Å². The quantitative estimate of drug-likeness (QED) is 0.918. The van der Waals surface area contributed by atoms with Gasteiger partial charge in [0, 0.05) is 48.9 Å². The van der Waals surface area contributed by atoms with E-state index in [-0.39, 0.29) is 5.91 Å². The summed E-state index contributed by atoms with van der Waals surface area (Å²) < 4.78 is 0. The van der Waals surface area contributed by atoms with Gasteiger partial charge in [0.2, 0.25) is 0 Å². The van der Waals surface area contributed by atoms with Gasteiger partial charge in [-0.3, -0.25) is 14.8 Å². The molecule has 0 radical (unpaired) electrons. The number of nitrogens with one attached hydrogen (secondary N) is 1. The Balaban J connectivity index is 1.42. The highest BCUT2D eigenvalue weighted by atomic mass is 32.1. The first kappa shape index (κ1) is 16.8. The zero-order valence-electron chi connectivity index (χ0n) is 14.8. The van der Waals surface area contributed by atoms with Crippen molar-refractivity contribution in [1.82, 2.24) is 20.0 Å². The van der Waals surface area contributed by atoms with Gasteiger partial charge in [-0.25, -0.2) is 0 Å². The van der Waals surface area contributed by atoms with Crippen LogP contribution in [0, 0.1) is 5.92 Å². The number of amides is 1. The molecule has 2 aromatic rings. The number of aryl methyl sites for hydroxylation is 1. The molecule has 1 aliphatic carbocycles. The van der Waals surface area contributed by atoms with Gasteiger partial charge in [0.05, 0.1) is 0 Å². The van der Waals surface area contributed by atoms with E-state index in [1.165, 1.54) is 22.6 Å². The number of carbonyl (C=O) groups excluding carboxylic acids is 1. The van der Waals surface area contributed by atoms with Gasteiger partial charge in [-0.1, -0.05) is 13.0 Å². The molecule has 134 valence electrons. The minimum Gasteiger partial charge on any atom is -0.336 e. The molecule has 0 unspecified atom stereocenters. The van der Waals surface area contributed by atoms with Crippen molar-refractivity contribution in [3.63, 3.8) is 0 Å². The number of thiophene rings is 1. The summed E-state index contributed by atoms with van der Waals surface area (Å²) in [6.07, 6.45) is 4.21. The second-order valence-corrected chi connectivity index (χ2v) is 8.41. The lowest BCUT2D eigenvalue weighted by atomic mass is 9.87. The molecule has 2 aromatic heterocycles. The fourth-order valence-electron chi connectivity index (χ4n) is 3.95. The highest BCUT2D eigenvalue weighted by Gasteiger charge is 2.28. The number of aromatic amines is 1. The maximum Gasteiger partial charge on any atom is 0.274 e. The van der Waals surface area contributed by atoms with Crippen LogP contribution in [0.3, 0.4) is 0 Å². The number of aromatic nitrogens is 2. The Morgan fingerprint density at radius 1 is 1.36 bits per heavy atom. The van der Waals surface area contributed by atoms with E-state index in [0.29, 0.717) is 11.6 Å². The first-order valence-electron chi connectivity index (χ1n) is 9.31. The molecule has 1 fully saturated rings. The number of rotatable bonds is 3. The van der Waals surface area contributed by atoms with E-state index in [9.17, 15) is 4.79 Å². The average Bonchev–Trinajstić information content (AvgIpc) is 3.20. The molecule has 0 bridgehead atoms. The van der Waals surface area contributed by atoms with Gasteiger partial charge in [-0.05, 0) is 43.0 Å². The maximum atomic E-state index is 13.0. The van der Waals surface area contributed by atoms with Gasteiger partial charge in [-0.2, -0.15) is 5.10 Å². The molecule has 1 aliphatic heterocycles. The molecule has 0 spiro atoms. The Labute approximate surface area is 153 Å². The maximum absolute atomic E-state index is 13.0. The molecule has 5 nitrogen and oxygen atoms in total. The Morgan fingerprint density at radius 2 is 2.28 bits per heavy atom. The van der Waals surface area contributed by atoms with E-state index in [2.05, 4.69) is 39.5 Å². The van der Waals surface area contributed by atoms with Crippen LogP contribution in [0.5, 0.6) is 0 Å². The van der Waals surface area contributed by atoms with E-state index >= 15 is 0 Å². The first-order valence-corrected chi connectivity index (χ1v) is 10.2. The molecule has 0 saturated carbocycles. The fraction of sp³-hybridized carbons (Fsp3) is 0.579. The van der Waals surface area contributed by atoms with Gasteiger partial charge in [0.25, 0.3) is 5.91 Å². The largest absolute Gasteiger partial charge is 0.336 e. The fourth-order valence-corrected chi connectivity index (χ4v) is 4.70. The van der Waals surface area contributed by atoms with Crippen LogP contribution in [-0.2, 0) is 19.4 Å². The molecule has 2 aliphatic rings. The van der Waals surface area contributed by atoms with Crippen LogP contribution in [0.1, 0.15) is 46.4 Å². The Hall–Kier alpha value is -1.66. The third kappa shape index (κ3) is 3.65. The normalized spacial score (nSPS) is 21.8. The van der Waals surface area contributed by atoms with Crippen LogP contribution in [0.4, 0.5) is 0 Å². The van der Waals surface area contributed by atoms with Crippen LogP contribution in [-0.4, -0.2) is 52.1 Å². The minimum absolute atomic E-state index is 0.115.